The first-order valence-electron chi connectivity index (χ1n) is 21.0. The molecular weight excluding hydrogens is 778 g/mol. The lowest BCUT2D eigenvalue weighted by molar-refractivity contribution is -0.202. The van der Waals surface area contributed by atoms with Crippen LogP contribution in [-0.2, 0) is 56.6 Å². The predicted octanol–water partition coefficient (Wildman–Crippen LogP) is 4.15. The summed E-state index contributed by atoms with van der Waals surface area (Å²) in [6.45, 7) is 6.55. The van der Waals surface area contributed by atoms with Crippen LogP contribution in [0, 0.1) is 11.8 Å². The van der Waals surface area contributed by atoms with E-state index in [1.165, 1.54) is 15.0 Å². The van der Waals surface area contributed by atoms with E-state index in [4.69, 9.17) is 19.4 Å². The summed E-state index contributed by atoms with van der Waals surface area (Å²) in [5.74, 6) is 1.99. The average Bonchev–Trinajstić information content (AvgIpc) is 3.77. The molecule has 1 aliphatic carbocycles. The van der Waals surface area contributed by atoms with Gasteiger partial charge in [-0.05, 0) is 62.5 Å². The predicted molar refractivity (Wildman–Crippen MR) is 212 cm³/mol. The maximum atomic E-state index is 12.9. The highest BCUT2D eigenvalue weighted by molar-refractivity contribution is 6.05. The van der Waals surface area contributed by atoms with E-state index >= 15 is 0 Å². The Morgan fingerprint density at radius 3 is 1.62 bits per heavy atom. The molecule has 2 aromatic carbocycles. The van der Waals surface area contributed by atoms with E-state index in [1.54, 1.807) is 4.90 Å². The van der Waals surface area contributed by atoms with Crippen LogP contribution >= 0.6 is 0 Å². The molecule has 6 atom stereocenters. The number of imide groups is 1. The molecule has 7 amide bonds. The van der Waals surface area contributed by atoms with Crippen LogP contribution in [0.25, 0.3) is 0 Å². The summed E-state index contributed by atoms with van der Waals surface area (Å²) in [6.07, 6.45) is 7.21. The molecule has 8 rings (SSSR count). The van der Waals surface area contributed by atoms with Crippen LogP contribution in [0.1, 0.15) is 89.2 Å². The lowest BCUT2D eigenvalue weighted by Gasteiger charge is -2.29. The van der Waals surface area contributed by atoms with Crippen LogP contribution in [0.3, 0.4) is 0 Å². The second-order valence-electron chi connectivity index (χ2n) is 15.6. The molecule has 3 N–H and O–H groups in total. The molecule has 6 fully saturated rings. The number of benzene rings is 2. The molecule has 5 aliphatic heterocycles. The van der Waals surface area contributed by atoms with Crippen LogP contribution in [0.4, 0.5) is 9.59 Å². The second kappa shape index (κ2) is 21.4. The van der Waals surface area contributed by atoms with Crippen LogP contribution in [0.5, 0.6) is 0 Å². The van der Waals surface area contributed by atoms with Gasteiger partial charge >= 0.3 is 18.0 Å². The highest BCUT2D eigenvalue weighted by atomic mass is 16.7. The fraction of sp³-hybridized carbons (Fsp3) is 0.571. The third kappa shape index (κ3) is 10.4. The molecule has 326 valence electrons. The molecule has 18 heteroatoms. The average molecular weight is 836 g/mol. The minimum Gasteiger partial charge on any atom is -0.328 e. The SMILES string of the molecule is CCCON.CCCONC(=O)[C@@H]1CC[C@@H]2CN1C(=O)N2OCc1ccccc1.O=C(ON1C(=O)[C@H]2CCCC[C@H]2C1=O)[C@@H]1CC[C@@H]2CN1C(=O)N2OCc1ccccc1. The van der Waals surface area contributed by atoms with Crippen molar-refractivity contribution >= 4 is 35.8 Å². The van der Waals surface area contributed by atoms with Gasteiger partial charge in [0.1, 0.15) is 25.3 Å². The van der Waals surface area contributed by atoms with Gasteiger partial charge in [-0.1, -0.05) is 87.4 Å². The second-order valence-corrected chi connectivity index (χ2v) is 15.6. The molecule has 4 bridgehead atoms. The van der Waals surface area contributed by atoms with Gasteiger partial charge in [0.25, 0.3) is 17.7 Å². The van der Waals surface area contributed by atoms with E-state index < -0.39 is 35.9 Å². The lowest BCUT2D eigenvalue weighted by Crippen LogP contribution is -2.49. The number of nitrogens with two attached hydrogens (primary N) is 1. The molecular formula is C42H57N7O11. The standard InChI is InChI=1S/C22H25N3O6.C17H23N3O4.C3H9NO/c26-19-16-8-4-5-9-17(16)20(27)25(19)31-21(28)18-11-10-15-12-23(18)22(29)24(15)30-13-14-6-2-1-3-7-14;1-2-10-23-18-16(21)15-9-8-14-11-19(15)17(22)20(14)24-12-13-6-4-3-5-7-13;1-2-3-5-4/h1-3,6-7,15-18H,4-5,8-13H2;3-7,14-15H,2,8-12H2,1H3,(H,18,21);2-4H2,1H3/t15-,16-,17+,18+;14-,15+;/m11./s1. The molecule has 0 aromatic heterocycles. The Hall–Kier alpha value is -5.14. The van der Waals surface area contributed by atoms with E-state index in [2.05, 4.69) is 16.2 Å². The Bertz CT molecular complexity index is 1760. The summed E-state index contributed by atoms with van der Waals surface area (Å²) < 4.78 is 0. The van der Waals surface area contributed by atoms with Crippen molar-refractivity contribution in [1.82, 2.24) is 30.5 Å². The van der Waals surface area contributed by atoms with Crippen molar-refractivity contribution in [2.45, 2.75) is 115 Å². The van der Waals surface area contributed by atoms with Gasteiger partial charge in [-0.25, -0.2) is 25.8 Å². The number of nitrogens with zero attached hydrogens (tertiary/aromatic N) is 5. The number of nitrogens with one attached hydrogen (secondary N) is 1. The number of urea groups is 2. The van der Waals surface area contributed by atoms with Gasteiger partial charge in [0.2, 0.25) is 0 Å². The van der Waals surface area contributed by atoms with Gasteiger partial charge in [-0.2, -0.15) is 10.1 Å². The zero-order valence-corrected chi connectivity index (χ0v) is 34.4. The van der Waals surface area contributed by atoms with E-state index in [-0.39, 0.29) is 42.5 Å². The van der Waals surface area contributed by atoms with E-state index in [0.717, 1.165) is 43.2 Å². The van der Waals surface area contributed by atoms with Crippen molar-refractivity contribution in [3.05, 3.63) is 71.8 Å². The minimum atomic E-state index is -0.836. The Kier molecular flexibility index (Phi) is 15.8. The zero-order chi connectivity index (χ0) is 42.6. The Morgan fingerprint density at radius 2 is 1.15 bits per heavy atom. The number of hydrogen-bond donors (Lipinski definition) is 2. The van der Waals surface area contributed by atoms with Crippen LogP contribution in [-0.4, -0.2) is 111 Å². The lowest BCUT2D eigenvalue weighted by atomic mass is 9.81. The highest BCUT2D eigenvalue weighted by Crippen LogP contribution is 2.39. The molecule has 0 spiro atoms. The molecule has 1 saturated carbocycles. The van der Waals surface area contributed by atoms with Crippen molar-refractivity contribution in [1.29, 1.82) is 0 Å². The number of fused-ring (bicyclic) bond motifs is 5. The van der Waals surface area contributed by atoms with Crippen molar-refractivity contribution < 1.29 is 53.0 Å². The molecule has 5 saturated heterocycles. The smallest absolute Gasteiger partial charge is 0.328 e. The Morgan fingerprint density at radius 1 is 0.667 bits per heavy atom. The van der Waals surface area contributed by atoms with Gasteiger partial charge in [0.15, 0.2) is 0 Å². The van der Waals surface area contributed by atoms with E-state index in [1.807, 2.05) is 74.5 Å². The summed E-state index contributed by atoms with van der Waals surface area (Å²) in [5.41, 5.74) is 4.38. The number of carbonyl (C=O) groups is 6. The molecule has 0 radical (unpaired) electrons. The Balaban J connectivity index is 0.000000186. The maximum Gasteiger partial charge on any atom is 0.355 e. The van der Waals surface area contributed by atoms with Gasteiger partial charge in [-0.15, -0.1) is 5.06 Å². The van der Waals surface area contributed by atoms with E-state index in [9.17, 15) is 28.8 Å². The van der Waals surface area contributed by atoms with E-state index in [0.29, 0.717) is 70.1 Å². The topological polar surface area (TPSA) is 203 Å². The summed E-state index contributed by atoms with van der Waals surface area (Å²) in [5, 5.41) is 3.41. The van der Waals surface area contributed by atoms with Crippen LogP contribution in [0.2, 0.25) is 0 Å². The number of amides is 7. The van der Waals surface area contributed by atoms with Gasteiger partial charge in [-0.3, -0.25) is 28.9 Å². The first kappa shape index (κ1) is 44.4. The zero-order valence-electron chi connectivity index (χ0n) is 34.4. The van der Waals surface area contributed by atoms with Crippen molar-refractivity contribution in [2.24, 2.45) is 17.7 Å². The molecule has 0 unspecified atom stereocenters. The quantitative estimate of drug-likeness (QED) is 0.157. The summed E-state index contributed by atoms with van der Waals surface area (Å²) in [4.78, 5) is 105. The van der Waals surface area contributed by atoms with Crippen molar-refractivity contribution in [3.63, 3.8) is 0 Å². The molecule has 2 aromatic rings. The number of rotatable bonds is 14. The monoisotopic (exact) mass is 835 g/mol. The molecule has 6 aliphatic rings. The third-order valence-corrected chi connectivity index (χ3v) is 11.4. The largest absolute Gasteiger partial charge is 0.355 e. The van der Waals surface area contributed by atoms with Gasteiger partial charge in [0.05, 0.1) is 37.1 Å². The van der Waals surface area contributed by atoms with Crippen LogP contribution in [0.15, 0.2) is 60.7 Å². The molecule has 60 heavy (non-hydrogen) atoms. The molecule has 18 nitrogen and oxygen atoms in total. The number of carbonyl (C=O) groups excluding carboxylic acids is 6. The number of piperidine rings is 2. The fourth-order valence-corrected chi connectivity index (χ4v) is 8.33. The normalized spacial score (nSPS) is 25.4. The fourth-order valence-electron chi connectivity index (χ4n) is 8.33. The Labute approximate surface area is 349 Å². The minimum absolute atomic E-state index is 0.00169. The maximum absolute atomic E-state index is 12.9. The van der Waals surface area contributed by atoms with Crippen molar-refractivity contribution in [2.75, 3.05) is 26.3 Å². The summed E-state index contributed by atoms with van der Waals surface area (Å²) >= 11 is 0. The molecule has 5 heterocycles. The first-order valence-corrected chi connectivity index (χ1v) is 21.0. The summed E-state index contributed by atoms with van der Waals surface area (Å²) in [6, 6.07) is 17.1. The third-order valence-electron chi connectivity index (χ3n) is 11.4. The highest BCUT2D eigenvalue weighted by Gasteiger charge is 2.53. The van der Waals surface area contributed by atoms with Crippen molar-refractivity contribution in [3.8, 4) is 0 Å². The number of hydrogen-bond acceptors (Lipinski definition) is 12. The number of hydroxylamine groups is 7. The summed E-state index contributed by atoms with van der Waals surface area (Å²) in [7, 11) is 0. The van der Waals surface area contributed by atoms with Crippen LogP contribution < -0.4 is 11.4 Å². The van der Waals surface area contributed by atoms with Gasteiger partial charge < -0.3 is 19.5 Å². The first-order chi connectivity index (χ1) is 29.2. The van der Waals surface area contributed by atoms with Gasteiger partial charge in [0, 0.05) is 13.1 Å².